The van der Waals surface area contributed by atoms with E-state index in [2.05, 4.69) is 21.4 Å². The van der Waals surface area contributed by atoms with Crippen molar-refractivity contribution in [2.75, 3.05) is 18.4 Å². The molecule has 9 heteroatoms. The number of carbonyl (C=O) groups excluding carboxylic acids is 2. The third kappa shape index (κ3) is 4.85. The largest absolute Gasteiger partial charge is 0.486 e. The number of carbonyl (C=O) groups is 2. The fourth-order valence-electron chi connectivity index (χ4n) is 3.67. The fraction of sp³-hybridized carbons (Fsp3) is 0.435. The molecule has 1 aromatic heterocycles. The lowest BCUT2D eigenvalue weighted by molar-refractivity contribution is -0.134. The lowest BCUT2D eigenvalue weighted by Crippen LogP contribution is -2.49. The molecule has 0 bridgehead atoms. The van der Waals surface area contributed by atoms with E-state index in [1.165, 1.54) is 11.2 Å². The lowest BCUT2D eigenvalue weighted by atomic mass is 10.0. The first-order valence-corrected chi connectivity index (χ1v) is 10.7. The molecule has 32 heavy (non-hydrogen) atoms. The number of ether oxygens (including phenoxy) is 1. The highest BCUT2D eigenvalue weighted by Gasteiger charge is 2.33. The molecule has 0 spiro atoms. The second-order valence-corrected chi connectivity index (χ2v) is 8.03. The quantitative estimate of drug-likeness (QED) is 0.744. The van der Waals surface area contributed by atoms with Gasteiger partial charge in [-0.1, -0.05) is 6.92 Å². The Balaban J connectivity index is 1.47. The second-order valence-electron chi connectivity index (χ2n) is 8.03. The first-order chi connectivity index (χ1) is 15.5. The number of likely N-dealkylation sites (tertiary alicyclic amines) is 1. The van der Waals surface area contributed by atoms with Crippen LogP contribution in [0.25, 0.3) is 11.3 Å². The highest BCUT2D eigenvalue weighted by atomic mass is 19.1. The van der Waals surface area contributed by atoms with Gasteiger partial charge in [-0.15, -0.1) is 0 Å². The molecule has 1 saturated carbocycles. The maximum atomic E-state index is 14.6. The summed E-state index contributed by atoms with van der Waals surface area (Å²) >= 11 is 0. The van der Waals surface area contributed by atoms with Gasteiger partial charge in [0.2, 0.25) is 11.8 Å². The zero-order valence-electron chi connectivity index (χ0n) is 17.8. The minimum Gasteiger partial charge on any atom is -0.486 e. The van der Waals surface area contributed by atoms with Gasteiger partial charge in [0.1, 0.15) is 30.1 Å². The van der Waals surface area contributed by atoms with Crippen LogP contribution in [0, 0.1) is 17.2 Å². The molecular weight excluding hydrogens is 413 g/mol. The van der Waals surface area contributed by atoms with Crippen LogP contribution >= 0.6 is 0 Å². The van der Waals surface area contributed by atoms with Crippen molar-refractivity contribution in [2.24, 2.45) is 5.92 Å². The van der Waals surface area contributed by atoms with Crippen LogP contribution < -0.4 is 10.1 Å². The summed E-state index contributed by atoms with van der Waals surface area (Å²) in [5.74, 6) is 0.616. The number of rotatable bonds is 6. The maximum absolute atomic E-state index is 14.6. The average molecular weight is 437 g/mol. The molecule has 2 amide bonds. The minimum absolute atomic E-state index is 0.00635. The molecule has 1 N–H and O–H groups in total. The predicted molar refractivity (Wildman–Crippen MR) is 114 cm³/mol. The molecule has 2 fully saturated rings. The number of anilines is 1. The van der Waals surface area contributed by atoms with Crippen LogP contribution in [-0.4, -0.2) is 52.0 Å². The van der Waals surface area contributed by atoms with E-state index >= 15 is 0 Å². The molecule has 1 aliphatic carbocycles. The summed E-state index contributed by atoms with van der Waals surface area (Å²) in [6.45, 7) is 2.17. The Morgan fingerprint density at radius 2 is 2.09 bits per heavy atom. The van der Waals surface area contributed by atoms with E-state index in [0.29, 0.717) is 36.5 Å². The summed E-state index contributed by atoms with van der Waals surface area (Å²) in [5, 5.41) is 12.4. The third-order valence-electron chi connectivity index (χ3n) is 5.68. The zero-order valence-corrected chi connectivity index (χ0v) is 17.8. The zero-order chi connectivity index (χ0) is 22.7. The van der Waals surface area contributed by atoms with Crippen molar-refractivity contribution in [3.63, 3.8) is 0 Å². The molecule has 8 nitrogen and oxygen atoms in total. The van der Waals surface area contributed by atoms with Gasteiger partial charge >= 0.3 is 0 Å². The number of nitrogens with one attached hydrogen (secondary N) is 1. The van der Waals surface area contributed by atoms with Gasteiger partial charge in [-0.3, -0.25) is 9.59 Å². The van der Waals surface area contributed by atoms with E-state index in [1.54, 1.807) is 31.2 Å². The average Bonchev–Trinajstić information content (AvgIpc) is 3.66. The van der Waals surface area contributed by atoms with Crippen LogP contribution in [0.1, 0.15) is 38.2 Å². The van der Waals surface area contributed by atoms with Crippen LogP contribution in [0.15, 0.2) is 30.6 Å². The lowest BCUT2D eigenvalue weighted by Gasteiger charge is -2.34. The molecule has 166 valence electrons. The molecule has 2 aliphatic rings. The Kier molecular flexibility index (Phi) is 6.30. The Hall–Kier alpha value is -3.54. The van der Waals surface area contributed by atoms with Gasteiger partial charge in [0, 0.05) is 36.9 Å². The van der Waals surface area contributed by atoms with Crippen molar-refractivity contribution in [3.8, 4) is 23.1 Å². The molecule has 1 aromatic carbocycles. The normalized spacial score (nSPS) is 20.3. The summed E-state index contributed by atoms with van der Waals surface area (Å²) in [5.41, 5.74) is 1.45. The Morgan fingerprint density at radius 1 is 1.28 bits per heavy atom. The molecule has 0 unspecified atom stereocenters. The van der Waals surface area contributed by atoms with E-state index in [-0.39, 0.29) is 35.6 Å². The van der Waals surface area contributed by atoms with Gasteiger partial charge in [-0.2, -0.15) is 5.26 Å². The predicted octanol–water partition coefficient (Wildman–Crippen LogP) is 3.09. The maximum Gasteiger partial charge on any atom is 0.228 e. The van der Waals surface area contributed by atoms with E-state index < -0.39 is 12.3 Å². The van der Waals surface area contributed by atoms with Crippen molar-refractivity contribution in [1.82, 2.24) is 14.9 Å². The number of amides is 2. The standard InChI is InChI=1S/C23H24FN5O3/c1-2-22(30)29-8-7-20(17(24)12-29)32-19-6-5-15(9-16(19)11-25)18-10-21(27-13-26-18)28-23(31)14-3-4-14/h5-6,9-10,13-14,17,20H,2-4,7-8,12H2,1H3,(H,26,27,28,31)/t17-,20+/m1/s1. The van der Waals surface area contributed by atoms with Crippen LogP contribution in [0.5, 0.6) is 5.75 Å². The molecule has 2 heterocycles. The molecule has 2 aromatic rings. The summed E-state index contributed by atoms with van der Waals surface area (Å²) < 4.78 is 20.4. The van der Waals surface area contributed by atoms with Gasteiger partial charge in [0.25, 0.3) is 0 Å². The number of hydrogen-bond acceptors (Lipinski definition) is 6. The number of aromatic nitrogens is 2. The highest BCUT2D eigenvalue weighted by Crippen LogP contribution is 2.31. The molecule has 1 aliphatic heterocycles. The monoisotopic (exact) mass is 437 g/mol. The topological polar surface area (TPSA) is 108 Å². The van der Waals surface area contributed by atoms with Gasteiger partial charge < -0.3 is 15.0 Å². The van der Waals surface area contributed by atoms with Crippen molar-refractivity contribution < 1.29 is 18.7 Å². The smallest absolute Gasteiger partial charge is 0.228 e. The van der Waals surface area contributed by atoms with Crippen molar-refractivity contribution in [1.29, 1.82) is 5.26 Å². The summed E-state index contributed by atoms with van der Waals surface area (Å²) in [4.78, 5) is 33.6. The number of piperidine rings is 1. The molecule has 4 rings (SSSR count). The molecule has 0 radical (unpaired) electrons. The Labute approximate surface area is 185 Å². The second kappa shape index (κ2) is 9.30. The molecule has 1 saturated heterocycles. The van der Waals surface area contributed by atoms with Crippen LogP contribution in [-0.2, 0) is 9.59 Å². The molecular formula is C23H24FN5O3. The number of benzene rings is 1. The van der Waals surface area contributed by atoms with Crippen molar-refractivity contribution >= 4 is 17.6 Å². The van der Waals surface area contributed by atoms with E-state index in [9.17, 15) is 19.2 Å². The Morgan fingerprint density at radius 3 is 2.78 bits per heavy atom. The number of halogens is 1. The van der Waals surface area contributed by atoms with E-state index in [0.717, 1.165) is 12.8 Å². The number of nitriles is 1. The Bertz CT molecular complexity index is 1070. The van der Waals surface area contributed by atoms with Crippen LogP contribution in [0.4, 0.5) is 10.2 Å². The third-order valence-corrected chi connectivity index (χ3v) is 5.68. The van der Waals surface area contributed by atoms with E-state index in [4.69, 9.17) is 4.74 Å². The number of nitrogens with zero attached hydrogens (tertiary/aromatic N) is 4. The van der Waals surface area contributed by atoms with Crippen LogP contribution in [0.2, 0.25) is 0 Å². The number of hydrogen-bond donors (Lipinski definition) is 1. The van der Waals surface area contributed by atoms with Gasteiger partial charge in [0.15, 0.2) is 6.17 Å². The first kappa shape index (κ1) is 21.7. The van der Waals surface area contributed by atoms with Gasteiger partial charge in [0.05, 0.1) is 17.8 Å². The summed E-state index contributed by atoms with van der Waals surface area (Å²) in [6, 6.07) is 8.71. The highest BCUT2D eigenvalue weighted by molar-refractivity contribution is 5.93. The summed E-state index contributed by atoms with van der Waals surface area (Å²) in [7, 11) is 0. The van der Waals surface area contributed by atoms with Crippen molar-refractivity contribution in [2.45, 2.75) is 44.9 Å². The van der Waals surface area contributed by atoms with Crippen molar-refractivity contribution in [3.05, 3.63) is 36.2 Å². The SMILES string of the molecule is CCC(=O)N1CC[C@H](Oc2ccc(-c3cc(NC(=O)C4CC4)ncn3)cc2C#N)[C@H](F)C1. The van der Waals surface area contributed by atoms with Gasteiger partial charge in [-0.25, -0.2) is 14.4 Å². The van der Waals surface area contributed by atoms with Gasteiger partial charge in [-0.05, 0) is 31.0 Å². The van der Waals surface area contributed by atoms with Crippen LogP contribution in [0.3, 0.4) is 0 Å². The van der Waals surface area contributed by atoms with E-state index in [1.807, 2.05) is 0 Å². The first-order valence-electron chi connectivity index (χ1n) is 10.7. The molecule has 2 atom stereocenters. The minimum atomic E-state index is -1.33. The fourth-order valence-corrected chi connectivity index (χ4v) is 3.67. The summed E-state index contributed by atoms with van der Waals surface area (Å²) in [6.07, 6.45) is 1.78. The number of alkyl halides is 1.